The number of rotatable bonds is 6. The Hall–Kier alpha value is -2.91. The Labute approximate surface area is 188 Å². The lowest BCUT2D eigenvalue weighted by Crippen LogP contribution is -2.52. The van der Waals surface area contributed by atoms with E-state index >= 15 is 0 Å². The predicted molar refractivity (Wildman–Crippen MR) is 115 cm³/mol. The Morgan fingerprint density at radius 3 is 2.69 bits per heavy atom. The molecule has 1 aromatic carbocycles. The summed E-state index contributed by atoms with van der Waals surface area (Å²) in [6, 6.07) is 3.88. The van der Waals surface area contributed by atoms with Crippen LogP contribution in [0.3, 0.4) is 0 Å². The average Bonchev–Trinajstić information content (AvgIpc) is 3.20. The summed E-state index contributed by atoms with van der Waals surface area (Å²) < 4.78 is 26.1. The number of carbonyl (C=O) groups is 2. The van der Waals surface area contributed by atoms with Crippen LogP contribution in [0.1, 0.15) is 51.5 Å². The molecule has 2 aliphatic rings. The number of halogens is 2. The zero-order valence-corrected chi connectivity index (χ0v) is 18.7. The van der Waals surface area contributed by atoms with Crippen molar-refractivity contribution in [1.29, 1.82) is 0 Å². The number of likely N-dealkylation sites (N-methyl/N-ethyl adjacent to an activating group) is 1. The fraction of sp³-hybridized carbons (Fsp3) is 0.409. The second-order valence-electron chi connectivity index (χ2n) is 7.66. The van der Waals surface area contributed by atoms with Crippen molar-refractivity contribution in [3.05, 3.63) is 61.8 Å². The first-order valence-electron chi connectivity index (χ1n) is 10.2. The number of carbonyl (C=O) groups excluding carboxylic acids is 2. The van der Waals surface area contributed by atoms with Gasteiger partial charge in [-0.05, 0) is 37.5 Å². The Morgan fingerprint density at radius 1 is 1.31 bits per heavy atom. The zero-order valence-electron chi connectivity index (χ0n) is 17.9. The number of ether oxygens (including phenoxy) is 2. The number of aromatic nitrogens is 1. The Kier molecular flexibility index (Phi) is 5.96. The van der Waals surface area contributed by atoms with Crippen LogP contribution in [-0.4, -0.2) is 48.3 Å². The lowest BCUT2D eigenvalue weighted by molar-refractivity contribution is -0.0573. The normalized spacial score (nSPS) is 19.2. The summed E-state index contributed by atoms with van der Waals surface area (Å²) in [6.07, 6.45) is 0.536. The second-order valence-corrected chi connectivity index (χ2v) is 8.06. The van der Waals surface area contributed by atoms with Gasteiger partial charge in [0.1, 0.15) is 11.4 Å². The van der Waals surface area contributed by atoms with Crippen LogP contribution in [0.4, 0.5) is 4.39 Å². The maximum atomic E-state index is 13.4. The number of nitrogens with zero attached hydrogens (tertiary/aromatic N) is 2. The highest BCUT2D eigenvalue weighted by atomic mass is 35.5. The standard InChI is InChI=1S/C22H23ClFN3O5/c1-4-26-21(30)17-19(31-2)18(28)16(14-7-8-15(27(14)17)22(26)32-3)20(29)25-10-11-5-6-13(24)12(23)9-11/h5-6,9,15,22H,4,7-8,10H2,1-3H3,(H,25,29)/t15-,22?/m0/s1. The molecule has 0 aliphatic carbocycles. The van der Waals surface area contributed by atoms with Gasteiger partial charge in [0.15, 0.2) is 17.7 Å². The van der Waals surface area contributed by atoms with E-state index in [0.717, 1.165) is 0 Å². The number of hydrogen-bond acceptors (Lipinski definition) is 5. The molecule has 2 atom stereocenters. The van der Waals surface area contributed by atoms with Crippen molar-refractivity contribution in [2.24, 2.45) is 0 Å². The SMILES string of the molecule is CCN1C(=O)c2c(OC)c(=O)c(C(=O)NCc3ccc(F)c(Cl)c3)c3n2[C@@H](CC3)C1OC. The monoisotopic (exact) mass is 463 g/mol. The molecule has 10 heteroatoms. The van der Waals surface area contributed by atoms with E-state index in [1.807, 2.05) is 6.92 Å². The van der Waals surface area contributed by atoms with Crippen LogP contribution in [0.2, 0.25) is 5.02 Å². The molecule has 1 unspecified atom stereocenters. The van der Waals surface area contributed by atoms with Crippen molar-refractivity contribution in [3.8, 4) is 5.75 Å². The predicted octanol–water partition coefficient (Wildman–Crippen LogP) is 2.51. The highest BCUT2D eigenvalue weighted by Gasteiger charge is 2.46. The molecular weight excluding hydrogens is 441 g/mol. The topological polar surface area (TPSA) is 89.9 Å². The maximum absolute atomic E-state index is 13.4. The highest BCUT2D eigenvalue weighted by molar-refractivity contribution is 6.30. The molecule has 2 amide bonds. The summed E-state index contributed by atoms with van der Waals surface area (Å²) in [5, 5.41) is 2.64. The minimum atomic E-state index is -0.635. The van der Waals surface area contributed by atoms with Gasteiger partial charge in [-0.15, -0.1) is 0 Å². The van der Waals surface area contributed by atoms with Gasteiger partial charge in [-0.1, -0.05) is 17.7 Å². The number of hydrogen-bond donors (Lipinski definition) is 1. The molecule has 170 valence electrons. The van der Waals surface area contributed by atoms with Gasteiger partial charge in [-0.25, -0.2) is 4.39 Å². The van der Waals surface area contributed by atoms with Gasteiger partial charge >= 0.3 is 0 Å². The van der Waals surface area contributed by atoms with Crippen LogP contribution < -0.4 is 15.5 Å². The molecule has 0 saturated heterocycles. The van der Waals surface area contributed by atoms with Crippen molar-refractivity contribution in [3.63, 3.8) is 0 Å². The average molecular weight is 464 g/mol. The van der Waals surface area contributed by atoms with Crippen molar-refractivity contribution >= 4 is 23.4 Å². The fourth-order valence-corrected chi connectivity index (χ4v) is 4.83. The highest BCUT2D eigenvalue weighted by Crippen LogP contribution is 2.40. The molecule has 1 N–H and O–H groups in total. The second kappa shape index (κ2) is 8.55. The van der Waals surface area contributed by atoms with Crippen molar-refractivity contribution in [2.75, 3.05) is 20.8 Å². The maximum Gasteiger partial charge on any atom is 0.276 e. The lowest BCUT2D eigenvalue weighted by atomic mass is 10.1. The third-order valence-corrected chi connectivity index (χ3v) is 6.32. The van der Waals surface area contributed by atoms with Gasteiger partial charge in [-0.2, -0.15) is 0 Å². The first kappa shape index (κ1) is 22.3. The van der Waals surface area contributed by atoms with Crippen LogP contribution >= 0.6 is 11.6 Å². The van der Waals surface area contributed by atoms with Crippen molar-refractivity contribution in [2.45, 2.75) is 38.6 Å². The van der Waals surface area contributed by atoms with Crippen LogP contribution in [0, 0.1) is 5.82 Å². The van der Waals surface area contributed by atoms with E-state index in [-0.39, 0.29) is 40.5 Å². The molecule has 8 nitrogen and oxygen atoms in total. The number of amides is 2. The third kappa shape index (κ3) is 3.36. The number of pyridine rings is 1. The number of benzene rings is 1. The summed E-state index contributed by atoms with van der Waals surface area (Å²) in [5.41, 5.74) is 0.513. The van der Waals surface area contributed by atoms with E-state index in [4.69, 9.17) is 21.1 Å². The quantitative estimate of drug-likeness (QED) is 0.711. The molecule has 1 aromatic heterocycles. The van der Waals surface area contributed by atoms with Crippen molar-refractivity contribution in [1.82, 2.24) is 14.8 Å². The van der Waals surface area contributed by atoms with Gasteiger partial charge in [0.05, 0.1) is 18.2 Å². The zero-order chi connectivity index (χ0) is 23.2. The molecule has 2 aromatic rings. The van der Waals surface area contributed by atoms with Gasteiger partial charge in [0, 0.05) is 25.9 Å². The van der Waals surface area contributed by atoms with Gasteiger partial charge in [0.2, 0.25) is 5.43 Å². The molecule has 4 rings (SSSR count). The van der Waals surface area contributed by atoms with E-state index in [1.54, 1.807) is 9.47 Å². The fourth-order valence-electron chi connectivity index (χ4n) is 4.62. The Balaban J connectivity index is 1.77. The summed E-state index contributed by atoms with van der Waals surface area (Å²) in [5.74, 6) is -1.69. The molecule has 32 heavy (non-hydrogen) atoms. The lowest BCUT2D eigenvalue weighted by Gasteiger charge is -2.40. The molecular formula is C22H23ClFN3O5. The first-order valence-corrected chi connectivity index (χ1v) is 10.6. The first-order chi connectivity index (χ1) is 15.3. The molecule has 0 fully saturated rings. The molecule has 0 saturated carbocycles. The van der Waals surface area contributed by atoms with E-state index in [2.05, 4.69) is 5.32 Å². The van der Waals surface area contributed by atoms with Gasteiger partial charge < -0.3 is 24.3 Å². The van der Waals surface area contributed by atoms with Gasteiger partial charge in [-0.3, -0.25) is 14.4 Å². The Bertz CT molecular complexity index is 1170. The van der Waals surface area contributed by atoms with Crippen LogP contribution in [-0.2, 0) is 17.7 Å². The summed E-state index contributed by atoms with van der Waals surface area (Å²) in [6.45, 7) is 2.29. The van der Waals surface area contributed by atoms with E-state index in [0.29, 0.717) is 30.6 Å². The number of methoxy groups -OCH3 is 2. The summed E-state index contributed by atoms with van der Waals surface area (Å²) in [4.78, 5) is 41.1. The molecule has 0 radical (unpaired) electrons. The minimum Gasteiger partial charge on any atom is -0.491 e. The smallest absolute Gasteiger partial charge is 0.276 e. The molecule has 0 bridgehead atoms. The van der Waals surface area contributed by atoms with E-state index in [1.165, 1.54) is 32.4 Å². The van der Waals surface area contributed by atoms with Crippen LogP contribution in [0.5, 0.6) is 5.75 Å². The van der Waals surface area contributed by atoms with Crippen LogP contribution in [0.15, 0.2) is 23.0 Å². The summed E-state index contributed by atoms with van der Waals surface area (Å²) >= 11 is 5.80. The molecule has 2 aliphatic heterocycles. The third-order valence-electron chi connectivity index (χ3n) is 6.03. The molecule has 0 spiro atoms. The van der Waals surface area contributed by atoms with E-state index < -0.39 is 23.4 Å². The van der Waals surface area contributed by atoms with Crippen molar-refractivity contribution < 1.29 is 23.5 Å². The molecule has 3 heterocycles. The van der Waals surface area contributed by atoms with Gasteiger partial charge in [0.25, 0.3) is 11.8 Å². The van der Waals surface area contributed by atoms with Crippen LogP contribution in [0.25, 0.3) is 0 Å². The Morgan fingerprint density at radius 2 is 2.06 bits per heavy atom. The number of nitrogens with one attached hydrogen (secondary N) is 1. The summed E-state index contributed by atoms with van der Waals surface area (Å²) in [7, 11) is 2.84. The van der Waals surface area contributed by atoms with E-state index in [9.17, 15) is 18.8 Å². The minimum absolute atomic E-state index is 0.0500. The largest absolute Gasteiger partial charge is 0.491 e.